The Kier molecular flexibility index (Phi) is 3.78. The van der Waals surface area contributed by atoms with Gasteiger partial charge in [-0.05, 0) is 18.9 Å². The van der Waals surface area contributed by atoms with Gasteiger partial charge in [0.25, 0.3) is 0 Å². The molecule has 1 aliphatic carbocycles. The molecule has 0 bridgehead atoms. The first-order valence-corrected chi connectivity index (χ1v) is 7.99. The van der Waals surface area contributed by atoms with Crippen LogP contribution in [0.5, 0.6) is 0 Å². The van der Waals surface area contributed by atoms with Crippen molar-refractivity contribution >= 4 is 16.9 Å². The van der Waals surface area contributed by atoms with E-state index in [4.69, 9.17) is 4.42 Å². The highest BCUT2D eigenvalue weighted by atomic mass is 16.4. The zero-order valence-electron chi connectivity index (χ0n) is 13.0. The first-order valence-electron chi connectivity index (χ1n) is 7.99. The van der Waals surface area contributed by atoms with Gasteiger partial charge in [-0.15, -0.1) is 5.10 Å². The number of aliphatic carboxylic acids is 1. The van der Waals surface area contributed by atoms with E-state index >= 15 is 0 Å². The largest absolute Gasteiger partial charge is 0.481 e. The third kappa shape index (κ3) is 2.67. The second-order valence-electron chi connectivity index (χ2n) is 6.20. The number of nitrogens with zero attached hydrogens (tertiary/aromatic N) is 3. The minimum atomic E-state index is -0.752. The molecule has 0 amide bonds. The van der Waals surface area contributed by atoms with Gasteiger partial charge in [-0.25, -0.2) is 4.68 Å². The maximum absolute atomic E-state index is 11.4. The van der Waals surface area contributed by atoms with Crippen LogP contribution in [0, 0.1) is 5.92 Å². The van der Waals surface area contributed by atoms with Crippen molar-refractivity contribution in [1.82, 2.24) is 20.3 Å². The van der Waals surface area contributed by atoms with Gasteiger partial charge in [0.15, 0.2) is 0 Å². The van der Waals surface area contributed by atoms with Crippen LogP contribution in [-0.2, 0) is 11.3 Å². The molecule has 0 radical (unpaired) electrons. The van der Waals surface area contributed by atoms with E-state index in [-0.39, 0.29) is 18.0 Å². The van der Waals surface area contributed by atoms with E-state index in [0.29, 0.717) is 19.4 Å². The maximum atomic E-state index is 11.4. The summed E-state index contributed by atoms with van der Waals surface area (Å²) < 4.78 is 7.32. The minimum absolute atomic E-state index is 0.00981. The lowest BCUT2D eigenvalue weighted by Crippen LogP contribution is -2.34. The Morgan fingerprint density at radius 1 is 1.38 bits per heavy atom. The zero-order chi connectivity index (χ0) is 16.5. The number of furan rings is 1. The molecule has 1 fully saturated rings. The lowest BCUT2D eigenvalue weighted by Gasteiger charge is -2.20. The van der Waals surface area contributed by atoms with Crippen molar-refractivity contribution in [1.29, 1.82) is 0 Å². The fraction of sp³-hybridized carbons (Fsp3) is 0.353. The van der Waals surface area contributed by atoms with E-state index in [2.05, 4.69) is 15.6 Å². The van der Waals surface area contributed by atoms with Crippen molar-refractivity contribution in [3.05, 3.63) is 48.5 Å². The molecule has 1 unspecified atom stereocenters. The first kappa shape index (κ1) is 14.9. The molecule has 2 heterocycles. The highest BCUT2D eigenvalue weighted by Gasteiger charge is 2.39. The van der Waals surface area contributed by atoms with E-state index in [0.717, 1.165) is 16.5 Å². The Morgan fingerprint density at radius 2 is 2.29 bits per heavy atom. The Balaban J connectivity index is 1.53. The summed E-state index contributed by atoms with van der Waals surface area (Å²) in [4.78, 5) is 11.4. The summed E-state index contributed by atoms with van der Waals surface area (Å²) in [5, 5.41) is 21.8. The number of benzene rings is 1. The number of para-hydroxylation sites is 1. The molecule has 24 heavy (non-hydrogen) atoms. The van der Waals surface area contributed by atoms with Crippen LogP contribution in [0.2, 0.25) is 0 Å². The molecule has 1 saturated carbocycles. The highest BCUT2D eigenvalue weighted by Crippen LogP contribution is 2.35. The summed E-state index contributed by atoms with van der Waals surface area (Å²) in [6.07, 6.45) is 6.23. The van der Waals surface area contributed by atoms with Gasteiger partial charge in [-0.3, -0.25) is 4.79 Å². The Morgan fingerprint density at radius 3 is 3.08 bits per heavy atom. The van der Waals surface area contributed by atoms with Crippen LogP contribution in [-0.4, -0.2) is 32.1 Å². The van der Waals surface area contributed by atoms with Gasteiger partial charge in [-0.1, -0.05) is 23.4 Å². The van der Waals surface area contributed by atoms with Crippen LogP contribution >= 0.6 is 0 Å². The zero-order valence-corrected chi connectivity index (χ0v) is 13.0. The van der Waals surface area contributed by atoms with Crippen molar-refractivity contribution in [3.8, 4) is 0 Å². The molecule has 1 aromatic carbocycles. The van der Waals surface area contributed by atoms with Crippen LogP contribution in [0.15, 0.2) is 47.3 Å². The van der Waals surface area contributed by atoms with E-state index in [9.17, 15) is 9.90 Å². The summed E-state index contributed by atoms with van der Waals surface area (Å²) in [5.41, 5.74) is 1.93. The van der Waals surface area contributed by atoms with Crippen LogP contribution in [0.3, 0.4) is 0 Å². The van der Waals surface area contributed by atoms with Crippen molar-refractivity contribution in [2.24, 2.45) is 5.92 Å². The normalized spacial score (nSPS) is 23.8. The van der Waals surface area contributed by atoms with Gasteiger partial charge in [0, 0.05) is 29.7 Å². The first-order chi connectivity index (χ1) is 11.7. The van der Waals surface area contributed by atoms with Gasteiger partial charge < -0.3 is 14.8 Å². The molecule has 2 N–H and O–H groups in total. The minimum Gasteiger partial charge on any atom is -0.481 e. The average molecular weight is 326 g/mol. The van der Waals surface area contributed by atoms with E-state index < -0.39 is 5.97 Å². The molecule has 4 rings (SSSR count). The molecule has 7 nitrogen and oxygen atoms in total. The van der Waals surface area contributed by atoms with Crippen LogP contribution in [0.4, 0.5) is 0 Å². The molecule has 1 aliphatic rings. The molecule has 0 spiro atoms. The Labute approximate surface area is 138 Å². The number of nitrogens with one attached hydrogen (secondary N) is 1. The standard InChI is InChI=1S/C17H18N4O3/c22-17(23)13-8-14(15(9-13)21-6-5-19-20-21)18-10-12-3-1-2-11-4-7-24-16(11)12/h1-7,13-15,18H,8-10H2,(H,22,23)/t13?,14-,15+/m1/s1. The van der Waals surface area contributed by atoms with E-state index in [1.54, 1.807) is 23.3 Å². The summed E-state index contributed by atoms with van der Waals surface area (Å²) in [6.45, 7) is 0.618. The van der Waals surface area contributed by atoms with Gasteiger partial charge >= 0.3 is 5.97 Å². The number of hydrogen-bond donors (Lipinski definition) is 2. The molecule has 0 saturated heterocycles. The summed E-state index contributed by atoms with van der Waals surface area (Å²) in [7, 11) is 0. The predicted octanol–water partition coefficient (Wildman–Crippen LogP) is 2.22. The molecule has 124 valence electrons. The van der Waals surface area contributed by atoms with E-state index in [1.165, 1.54) is 0 Å². The van der Waals surface area contributed by atoms with Crippen LogP contribution in [0.1, 0.15) is 24.4 Å². The van der Waals surface area contributed by atoms with Gasteiger partial charge in [0.1, 0.15) is 5.58 Å². The molecule has 3 atom stereocenters. The monoisotopic (exact) mass is 326 g/mol. The maximum Gasteiger partial charge on any atom is 0.306 e. The topological polar surface area (TPSA) is 93.2 Å². The number of rotatable bonds is 5. The van der Waals surface area contributed by atoms with Crippen LogP contribution in [0.25, 0.3) is 11.0 Å². The van der Waals surface area contributed by atoms with Crippen molar-refractivity contribution in [2.75, 3.05) is 0 Å². The van der Waals surface area contributed by atoms with Crippen LogP contribution < -0.4 is 5.32 Å². The molecular weight excluding hydrogens is 308 g/mol. The molecule has 3 aromatic rings. The number of fused-ring (bicyclic) bond motifs is 1. The number of carbonyl (C=O) groups is 1. The molecule has 7 heteroatoms. The number of hydrogen-bond acceptors (Lipinski definition) is 5. The number of carboxylic acid groups (broad SMARTS) is 1. The second-order valence-corrected chi connectivity index (χ2v) is 6.20. The third-order valence-electron chi connectivity index (χ3n) is 4.77. The SMILES string of the molecule is O=C(O)C1C[C@@H](NCc2cccc3ccoc23)[C@@H](n2ccnn2)C1. The average Bonchev–Trinajstić information content (AvgIpc) is 3.30. The van der Waals surface area contributed by atoms with Gasteiger partial charge in [0.05, 0.1) is 24.4 Å². The molecule has 2 aromatic heterocycles. The van der Waals surface area contributed by atoms with E-state index in [1.807, 2.05) is 24.3 Å². The van der Waals surface area contributed by atoms with Crippen molar-refractivity contribution in [3.63, 3.8) is 0 Å². The number of carboxylic acids is 1. The molecule has 0 aliphatic heterocycles. The number of aromatic nitrogens is 3. The fourth-order valence-corrected chi connectivity index (χ4v) is 3.56. The fourth-order valence-electron chi connectivity index (χ4n) is 3.56. The highest BCUT2D eigenvalue weighted by molar-refractivity contribution is 5.80. The quantitative estimate of drug-likeness (QED) is 0.747. The van der Waals surface area contributed by atoms with Crippen molar-refractivity contribution < 1.29 is 14.3 Å². The lowest BCUT2D eigenvalue weighted by molar-refractivity contribution is -0.141. The smallest absolute Gasteiger partial charge is 0.306 e. The summed E-state index contributed by atoms with van der Waals surface area (Å²) >= 11 is 0. The second kappa shape index (κ2) is 6.09. The summed E-state index contributed by atoms with van der Waals surface area (Å²) in [5.74, 6) is -1.12. The van der Waals surface area contributed by atoms with Crippen molar-refractivity contribution in [2.45, 2.75) is 31.5 Å². The Hall–Kier alpha value is -2.67. The van der Waals surface area contributed by atoms with Gasteiger partial charge in [-0.2, -0.15) is 0 Å². The lowest BCUT2D eigenvalue weighted by atomic mass is 10.1. The molecular formula is C17H18N4O3. The van der Waals surface area contributed by atoms with Gasteiger partial charge in [0.2, 0.25) is 0 Å². The third-order valence-corrected chi connectivity index (χ3v) is 4.77. The summed E-state index contributed by atoms with van der Waals surface area (Å²) in [6, 6.07) is 7.98. The predicted molar refractivity (Wildman–Crippen MR) is 86.3 cm³/mol. The Bertz CT molecular complexity index is 843.